The van der Waals surface area contributed by atoms with E-state index in [1.54, 1.807) is 4.90 Å². The van der Waals surface area contributed by atoms with Crippen LogP contribution in [0.15, 0.2) is 53.2 Å². The van der Waals surface area contributed by atoms with Crippen LogP contribution in [0, 0.1) is 5.92 Å². The van der Waals surface area contributed by atoms with Crippen LogP contribution < -0.4 is 5.32 Å². The Morgan fingerprint density at radius 1 is 1.11 bits per heavy atom. The first-order valence-electron chi connectivity index (χ1n) is 8.85. The summed E-state index contributed by atoms with van der Waals surface area (Å²) in [6.07, 6.45) is 1.62. The number of thiazole rings is 1. The molecule has 5 nitrogen and oxygen atoms in total. The summed E-state index contributed by atoms with van der Waals surface area (Å²) in [5.74, 6) is -0.248. The summed E-state index contributed by atoms with van der Waals surface area (Å²) in [5, 5.41) is 7.37. The van der Waals surface area contributed by atoms with E-state index in [0.29, 0.717) is 18.2 Å². The fourth-order valence-corrected chi connectivity index (χ4v) is 4.63. The molecule has 3 aromatic rings. The Bertz CT molecular complexity index is 922. The maximum Gasteiger partial charge on any atom is 0.263 e. The van der Waals surface area contributed by atoms with Crippen LogP contribution in [-0.2, 0) is 4.79 Å². The van der Waals surface area contributed by atoms with Crippen LogP contribution in [0.4, 0.5) is 5.13 Å². The Morgan fingerprint density at radius 2 is 1.96 bits per heavy atom. The zero-order valence-electron chi connectivity index (χ0n) is 14.6. The van der Waals surface area contributed by atoms with Crippen LogP contribution in [0.2, 0.25) is 0 Å². The van der Waals surface area contributed by atoms with Gasteiger partial charge >= 0.3 is 0 Å². The lowest BCUT2D eigenvalue weighted by Gasteiger charge is -2.31. The third-order valence-corrected chi connectivity index (χ3v) is 6.23. The minimum atomic E-state index is -0.202. The molecule has 1 atom stereocenters. The number of benzene rings is 1. The van der Waals surface area contributed by atoms with Gasteiger partial charge in [-0.15, -0.1) is 22.7 Å². The molecule has 1 saturated heterocycles. The second-order valence-corrected chi connectivity index (χ2v) is 8.27. The predicted octanol–water partition coefficient (Wildman–Crippen LogP) is 4.36. The van der Waals surface area contributed by atoms with Gasteiger partial charge < -0.3 is 10.2 Å². The van der Waals surface area contributed by atoms with E-state index in [-0.39, 0.29) is 17.7 Å². The average Bonchev–Trinajstić information content (AvgIpc) is 3.40. The van der Waals surface area contributed by atoms with E-state index in [1.165, 1.54) is 22.7 Å². The van der Waals surface area contributed by atoms with Gasteiger partial charge in [0.25, 0.3) is 5.91 Å². The van der Waals surface area contributed by atoms with Gasteiger partial charge in [0.2, 0.25) is 5.91 Å². The quantitative estimate of drug-likeness (QED) is 0.711. The van der Waals surface area contributed by atoms with E-state index in [9.17, 15) is 9.59 Å². The normalized spacial score (nSPS) is 16.9. The number of nitrogens with one attached hydrogen (secondary N) is 1. The van der Waals surface area contributed by atoms with Crippen molar-refractivity contribution >= 4 is 39.6 Å². The van der Waals surface area contributed by atoms with Gasteiger partial charge in [0.15, 0.2) is 5.13 Å². The second kappa shape index (κ2) is 8.02. The Balaban J connectivity index is 1.39. The molecule has 1 fully saturated rings. The maximum atomic E-state index is 12.7. The molecule has 3 heterocycles. The Labute approximate surface area is 165 Å². The molecule has 0 aliphatic carbocycles. The van der Waals surface area contributed by atoms with Gasteiger partial charge in [0.1, 0.15) is 0 Å². The summed E-state index contributed by atoms with van der Waals surface area (Å²) >= 11 is 2.86. The summed E-state index contributed by atoms with van der Waals surface area (Å²) in [6.45, 7) is 1.16. The van der Waals surface area contributed by atoms with E-state index in [1.807, 2.05) is 53.2 Å². The van der Waals surface area contributed by atoms with Gasteiger partial charge in [-0.25, -0.2) is 4.98 Å². The van der Waals surface area contributed by atoms with Gasteiger partial charge in [-0.2, -0.15) is 0 Å². The standard InChI is InChI=1S/C20H19N3O2S2/c24-18(22-20-21-16(13-27-20)14-6-2-1-3-7-14)15-8-4-10-23(12-15)19(25)17-9-5-11-26-17/h1-3,5-7,9,11,13,15H,4,8,10,12H2,(H,21,22,24). The van der Waals surface area contributed by atoms with Gasteiger partial charge in [-0.1, -0.05) is 36.4 Å². The molecule has 1 aliphatic heterocycles. The number of anilines is 1. The van der Waals surface area contributed by atoms with E-state index in [4.69, 9.17) is 0 Å². The number of hydrogen-bond acceptors (Lipinski definition) is 5. The zero-order chi connectivity index (χ0) is 18.6. The first kappa shape index (κ1) is 17.9. The molecule has 4 rings (SSSR count). The number of likely N-dealkylation sites (tertiary alicyclic amines) is 1. The highest BCUT2D eigenvalue weighted by Crippen LogP contribution is 2.26. The number of thiophene rings is 1. The molecule has 138 valence electrons. The number of carbonyl (C=O) groups is 2. The van der Waals surface area contributed by atoms with Crippen LogP contribution in [0.3, 0.4) is 0 Å². The summed E-state index contributed by atoms with van der Waals surface area (Å²) in [4.78, 5) is 32.3. The smallest absolute Gasteiger partial charge is 0.263 e. The molecule has 0 radical (unpaired) electrons. The largest absolute Gasteiger partial charge is 0.337 e. The number of nitrogens with zero attached hydrogens (tertiary/aromatic N) is 2. The Morgan fingerprint density at radius 3 is 2.74 bits per heavy atom. The molecule has 0 spiro atoms. The fourth-order valence-electron chi connectivity index (χ4n) is 3.21. The SMILES string of the molecule is O=C(Nc1nc(-c2ccccc2)cs1)C1CCCN(C(=O)c2cccs2)C1. The second-order valence-electron chi connectivity index (χ2n) is 6.46. The van der Waals surface area contributed by atoms with Crippen LogP contribution in [0.25, 0.3) is 11.3 Å². The van der Waals surface area contributed by atoms with Crippen LogP contribution in [0.5, 0.6) is 0 Å². The first-order valence-corrected chi connectivity index (χ1v) is 10.6. The minimum absolute atomic E-state index is 0.0168. The number of piperidine rings is 1. The number of amides is 2. The third kappa shape index (κ3) is 4.09. The highest BCUT2D eigenvalue weighted by Gasteiger charge is 2.29. The van der Waals surface area contributed by atoms with E-state index >= 15 is 0 Å². The van der Waals surface area contributed by atoms with Gasteiger partial charge in [0.05, 0.1) is 16.5 Å². The molecule has 7 heteroatoms. The Kier molecular flexibility index (Phi) is 5.31. The van der Waals surface area contributed by atoms with Gasteiger partial charge in [-0.05, 0) is 24.3 Å². The van der Waals surface area contributed by atoms with E-state index in [2.05, 4.69) is 10.3 Å². The molecule has 0 bridgehead atoms. The lowest BCUT2D eigenvalue weighted by atomic mass is 9.97. The van der Waals surface area contributed by atoms with Crippen molar-refractivity contribution < 1.29 is 9.59 Å². The van der Waals surface area contributed by atoms with Crippen molar-refractivity contribution in [1.29, 1.82) is 0 Å². The minimum Gasteiger partial charge on any atom is -0.337 e. The summed E-state index contributed by atoms with van der Waals surface area (Å²) in [5.41, 5.74) is 1.88. The van der Waals surface area contributed by atoms with Crippen molar-refractivity contribution in [3.05, 3.63) is 58.1 Å². The van der Waals surface area contributed by atoms with Crippen molar-refractivity contribution in [2.75, 3.05) is 18.4 Å². The van der Waals surface area contributed by atoms with Crippen molar-refractivity contribution in [2.24, 2.45) is 5.92 Å². The van der Waals surface area contributed by atoms with Crippen LogP contribution in [-0.4, -0.2) is 34.8 Å². The lowest BCUT2D eigenvalue weighted by Crippen LogP contribution is -2.43. The summed E-state index contributed by atoms with van der Waals surface area (Å²) < 4.78 is 0. The number of aromatic nitrogens is 1. The van der Waals surface area contributed by atoms with Gasteiger partial charge in [0, 0.05) is 24.0 Å². The molecular formula is C20H19N3O2S2. The van der Waals surface area contributed by atoms with Crippen molar-refractivity contribution in [3.8, 4) is 11.3 Å². The highest BCUT2D eigenvalue weighted by molar-refractivity contribution is 7.14. The number of hydrogen-bond donors (Lipinski definition) is 1. The number of rotatable bonds is 4. The summed E-state index contributed by atoms with van der Waals surface area (Å²) in [6, 6.07) is 13.6. The van der Waals surface area contributed by atoms with Crippen LogP contribution >= 0.6 is 22.7 Å². The molecular weight excluding hydrogens is 378 g/mol. The molecule has 1 aliphatic rings. The molecule has 1 N–H and O–H groups in total. The molecule has 2 amide bonds. The predicted molar refractivity (Wildman–Crippen MR) is 109 cm³/mol. The Hall–Kier alpha value is -2.51. The molecule has 1 unspecified atom stereocenters. The molecule has 27 heavy (non-hydrogen) atoms. The van der Waals surface area contributed by atoms with Gasteiger partial charge in [-0.3, -0.25) is 9.59 Å². The monoisotopic (exact) mass is 397 g/mol. The van der Waals surface area contributed by atoms with E-state index < -0.39 is 0 Å². The zero-order valence-corrected chi connectivity index (χ0v) is 16.3. The van der Waals surface area contributed by atoms with Crippen molar-refractivity contribution in [2.45, 2.75) is 12.8 Å². The number of carbonyl (C=O) groups excluding carboxylic acids is 2. The van der Waals surface area contributed by atoms with Crippen molar-refractivity contribution in [1.82, 2.24) is 9.88 Å². The fraction of sp³-hybridized carbons (Fsp3) is 0.250. The molecule has 0 saturated carbocycles. The lowest BCUT2D eigenvalue weighted by molar-refractivity contribution is -0.121. The molecule has 1 aromatic carbocycles. The molecule has 2 aromatic heterocycles. The summed E-state index contributed by atoms with van der Waals surface area (Å²) in [7, 11) is 0. The first-order chi connectivity index (χ1) is 13.2. The van der Waals surface area contributed by atoms with Crippen LogP contribution in [0.1, 0.15) is 22.5 Å². The maximum absolute atomic E-state index is 12.7. The third-order valence-electron chi connectivity index (χ3n) is 4.62. The van der Waals surface area contributed by atoms with Crippen molar-refractivity contribution in [3.63, 3.8) is 0 Å². The van der Waals surface area contributed by atoms with E-state index in [0.717, 1.165) is 29.0 Å². The topological polar surface area (TPSA) is 62.3 Å². The highest BCUT2D eigenvalue weighted by atomic mass is 32.1. The average molecular weight is 398 g/mol.